The Labute approximate surface area is 349 Å². The van der Waals surface area contributed by atoms with Gasteiger partial charge in [-0.05, 0) is 175 Å². The smallest absolute Gasteiger partial charge is 0.266 e. The molecule has 0 spiro atoms. The number of amides is 4. The van der Waals surface area contributed by atoms with Crippen LogP contribution in [0.5, 0.6) is 0 Å². The number of rotatable bonds is 6. The van der Waals surface area contributed by atoms with E-state index in [-0.39, 0.29) is 23.6 Å². The Morgan fingerprint density at radius 1 is 0.317 bits per heavy atom. The van der Waals surface area contributed by atoms with Crippen LogP contribution in [0.3, 0.4) is 0 Å². The molecule has 0 bridgehead atoms. The van der Waals surface area contributed by atoms with E-state index in [1.807, 2.05) is 126 Å². The van der Waals surface area contributed by atoms with Gasteiger partial charge in [0.1, 0.15) is 0 Å². The molecule has 7 aromatic rings. The summed E-state index contributed by atoms with van der Waals surface area (Å²) in [6.45, 7) is 14.2. The SMILES string of the molecule is Cc1ccc(-c2ccc3c(c2)C(=O)N(c2ccc(-c4ccc(-c5ccc(N6C(=O)c7ccc(-c8ccc(N)cc8)cc7C6=O)c(C)c5C)c(C)c4C)c(C)c2C)C3=O)cc1. The van der Waals surface area contributed by atoms with Crippen molar-refractivity contribution >= 4 is 40.7 Å². The van der Waals surface area contributed by atoms with Crippen LogP contribution >= 0.6 is 0 Å². The Bertz CT molecular complexity index is 2830. The molecular weight excluding hydrogens is 743 g/mol. The van der Waals surface area contributed by atoms with Crippen molar-refractivity contribution in [3.63, 3.8) is 0 Å². The number of hydrogen-bond donors (Lipinski definition) is 1. The molecule has 7 heteroatoms. The fourth-order valence-electron chi connectivity index (χ4n) is 8.78. The minimum absolute atomic E-state index is 0.319. The summed E-state index contributed by atoms with van der Waals surface area (Å²) in [4.78, 5) is 57.9. The van der Waals surface area contributed by atoms with Crippen molar-refractivity contribution in [1.29, 1.82) is 0 Å². The number of anilines is 3. The zero-order valence-electron chi connectivity index (χ0n) is 34.7. The standard InChI is InChI=1S/C53H43N3O4/c1-28-8-10-35(11-9-28)37-14-18-44-46(26-37)52(59)55(50(44)57)48-24-22-42(31(4)33(48)6)40-20-21-41(30(3)29(40)2)43-23-25-49(34(7)32(43)5)56-51(58)45-19-15-38(27-47(45)53(56)60)36-12-16-39(54)17-13-36/h8-27H,54H2,1-7H3. The van der Waals surface area contributed by atoms with E-state index in [1.54, 1.807) is 18.2 Å². The highest BCUT2D eigenvalue weighted by atomic mass is 16.2. The lowest BCUT2D eigenvalue weighted by Gasteiger charge is -2.23. The van der Waals surface area contributed by atoms with Gasteiger partial charge in [-0.1, -0.05) is 78.4 Å². The summed E-state index contributed by atoms with van der Waals surface area (Å²) in [6.07, 6.45) is 0. The van der Waals surface area contributed by atoms with Crippen molar-refractivity contribution in [2.45, 2.75) is 48.5 Å². The minimum atomic E-state index is -0.342. The first kappa shape index (κ1) is 38.2. The second-order valence-electron chi connectivity index (χ2n) is 16.1. The van der Waals surface area contributed by atoms with Crippen LogP contribution in [0.2, 0.25) is 0 Å². The van der Waals surface area contributed by atoms with E-state index < -0.39 is 0 Å². The third-order valence-corrected chi connectivity index (χ3v) is 12.8. The van der Waals surface area contributed by atoms with E-state index in [0.717, 1.165) is 83.5 Å². The van der Waals surface area contributed by atoms with E-state index in [1.165, 1.54) is 9.80 Å². The van der Waals surface area contributed by atoms with Crippen molar-refractivity contribution in [2.24, 2.45) is 0 Å². The first-order valence-corrected chi connectivity index (χ1v) is 20.0. The van der Waals surface area contributed by atoms with Crippen LogP contribution in [0.4, 0.5) is 17.1 Å². The van der Waals surface area contributed by atoms with Crippen LogP contribution in [-0.4, -0.2) is 23.6 Å². The molecule has 9 rings (SSSR count). The molecule has 4 amide bonds. The first-order valence-electron chi connectivity index (χ1n) is 20.0. The number of nitrogen functional groups attached to an aromatic ring is 1. The fraction of sp³-hybridized carbons (Fsp3) is 0.132. The Morgan fingerprint density at radius 2 is 0.617 bits per heavy atom. The largest absolute Gasteiger partial charge is 0.399 e. The number of hydrogen-bond acceptors (Lipinski definition) is 5. The molecule has 0 atom stereocenters. The second kappa shape index (κ2) is 14.2. The van der Waals surface area contributed by atoms with Crippen LogP contribution in [0.1, 0.15) is 80.4 Å². The van der Waals surface area contributed by atoms with Gasteiger partial charge in [0, 0.05) is 5.69 Å². The zero-order chi connectivity index (χ0) is 42.3. The van der Waals surface area contributed by atoms with Crippen molar-refractivity contribution < 1.29 is 19.2 Å². The van der Waals surface area contributed by atoms with E-state index in [0.29, 0.717) is 39.3 Å². The third kappa shape index (κ3) is 5.88. The third-order valence-electron chi connectivity index (χ3n) is 12.8. The summed E-state index contributed by atoms with van der Waals surface area (Å²) >= 11 is 0. The molecule has 0 unspecified atom stereocenters. The molecule has 0 saturated heterocycles. The lowest BCUT2D eigenvalue weighted by molar-refractivity contribution is 0.0910. The number of fused-ring (bicyclic) bond motifs is 2. The van der Waals surface area contributed by atoms with Crippen LogP contribution < -0.4 is 15.5 Å². The molecule has 2 aliphatic heterocycles. The molecular formula is C53H43N3O4. The van der Waals surface area contributed by atoms with Gasteiger partial charge in [-0.3, -0.25) is 19.2 Å². The normalized spacial score (nSPS) is 13.4. The lowest BCUT2D eigenvalue weighted by atomic mass is 9.86. The molecule has 0 aromatic heterocycles. The highest BCUT2D eigenvalue weighted by Gasteiger charge is 2.39. The van der Waals surface area contributed by atoms with Crippen LogP contribution in [-0.2, 0) is 0 Å². The second-order valence-corrected chi connectivity index (χ2v) is 16.1. The fourth-order valence-corrected chi connectivity index (χ4v) is 8.78. The molecule has 2 heterocycles. The quantitative estimate of drug-likeness (QED) is 0.134. The Kier molecular flexibility index (Phi) is 9.01. The maximum atomic E-state index is 13.9. The van der Waals surface area contributed by atoms with Gasteiger partial charge < -0.3 is 5.73 Å². The van der Waals surface area contributed by atoms with Crippen molar-refractivity contribution in [3.8, 4) is 44.5 Å². The molecule has 2 N–H and O–H groups in total. The Balaban J connectivity index is 0.998. The summed E-state index contributed by atoms with van der Waals surface area (Å²) in [7, 11) is 0. The van der Waals surface area contributed by atoms with Crippen molar-refractivity contribution in [1.82, 2.24) is 0 Å². The molecule has 0 fully saturated rings. The van der Waals surface area contributed by atoms with Crippen LogP contribution in [0.25, 0.3) is 44.5 Å². The molecule has 7 nitrogen and oxygen atoms in total. The monoisotopic (exact) mass is 785 g/mol. The van der Waals surface area contributed by atoms with E-state index in [2.05, 4.69) is 26.0 Å². The average molecular weight is 786 g/mol. The molecule has 60 heavy (non-hydrogen) atoms. The maximum Gasteiger partial charge on any atom is 0.266 e. The summed E-state index contributed by atoms with van der Waals surface area (Å²) < 4.78 is 0. The van der Waals surface area contributed by atoms with Gasteiger partial charge in [0.05, 0.1) is 33.6 Å². The molecule has 2 aliphatic rings. The Morgan fingerprint density at radius 3 is 1.02 bits per heavy atom. The van der Waals surface area contributed by atoms with Gasteiger partial charge in [-0.25, -0.2) is 9.80 Å². The van der Waals surface area contributed by atoms with Crippen LogP contribution in [0, 0.1) is 48.5 Å². The summed E-state index contributed by atoms with van der Waals surface area (Å²) in [6, 6.07) is 38.4. The van der Waals surface area contributed by atoms with Crippen molar-refractivity contribution in [2.75, 3.05) is 15.5 Å². The number of benzene rings is 7. The molecule has 0 saturated carbocycles. The Hall–Kier alpha value is -7.38. The number of aryl methyl sites for hydroxylation is 1. The minimum Gasteiger partial charge on any atom is -0.399 e. The lowest BCUT2D eigenvalue weighted by Crippen LogP contribution is -2.30. The number of nitrogens with zero attached hydrogens (tertiary/aromatic N) is 2. The van der Waals surface area contributed by atoms with Gasteiger partial charge in [0.25, 0.3) is 23.6 Å². The number of carbonyl (C=O) groups excluding carboxylic acids is 4. The first-order chi connectivity index (χ1) is 28.7. The van der Waals surface area contributed by atoms with Gasteiger partial charge in [0.15, 0.2) is 0 Å². The number of imide groups is 2. The predicted octanol–water partition coefficient (Wildman–Crippen LogP) is 11.7. The van der Waals surface area contributed by atoms with Gasteiger partial charge in [-0.2, -0.15) is 0 Å². The average Bonchev–Trinajstić information content (AvgIpc) is 3.64. The molecule has 0 aliphatic carbocycles. The zero-order valence-corrected chi connectivity index (χ0v) is 34.7. The molecule has 0 radical (unpaired) electrons. The summed E-state index contributed by atoms with van der Waals surface area (Å²) in [5, 5.41) is 0. The number of carbonyl (C=O) groups is 4. The van der Waals surface area contributed by atoms with Gasteiger partial charge in [-0.15, -0.1) is 0 Å². The highest BCUT2D eigenvalue weighted by molar-refractivity contribution is 6.36. The number of nitrogens with two attached hydrogens (primary N) is 1. The molecule has 7 aromatic carbocycles. The maximum absolute atomic E-state index is 13.9. The van der Waals surface area contributed by atoms with E-state index in [9.17, 15) is 19.2 Å². The topological polar surface area (TPSA) is 101 Å². The van der Waals surface area contributed by atoms with Gasteiger partial charge in [0.2, 0.25) is 0 Å². The highest BCUT2D eigenvalue weighted by Crippen LogP contribution is 2.42. The van der Waals surface area contributed by atoms with Crippen LogP contribution in [0.15, 0.2) is 121 Å². The summed E-state index contributed by atoms with van der Waals surface area (Å²) in [5.74, 6) is -1.32. The predicted molar refractivity (Wildman–Crippen MR) is 241 cm³/mol. The van der Waals surface area contributed by atoms with E-state index in [4.69, 9.17) is 5.73 Å². The van der Waals surface area contributed by atoms with Gasteiger partial charge >= 0.3 is 0 Å². The summed E-state index contributed by atoms with van der Waals surface area (Å²) in [5.41, 5.74) is 24.1. The molecule has 294 valence electrons. The van der Waals surface area contributed by atoms with E-state index >= 15 is 0 Å². The van der Waals surface area contributed by atoms with Crippen molar-refractivity contribution in [3.05, 3.63) is 183 Å².